The number of carboxylic acids is 1. The van der Waals surface area contributed by atoms with E-state index in [1.807, 2.05) is 61.2 Å². The standard InChI is InChI=1S/C26H23N3O3/c1-15-10-11-18-21(12-15)27-24(19-8-3-4-9-23(19)30)28-25(18)29-14-17-7-5-6-16(2)20(17)13-22(29)26(31)32/h3-12,22,30H,13-14H2,1-2H3,(H,31,32). The summed E-state index contributed by atoms with van der Waals surface area (Å²) in [7, 11) is 0. The Morgan fingerprint density at radius 2 is 1.84 bits per heavy atom. The van der Waals surface area contributed by atoms with Crippen LogP contribution in [-0.4, -0.2) is 32.2 Å². The Morgan fingerprint density at radius 1 is 1.03 bits per heavy atom. The summed E-state index contributed by atoms with van der Waals surface area (Å²) in [6.07, 6.45) is 0.403. The molecule has 0 radical (unpaired) electrons. The second-order valence-corrected chi connectivity index (χ2v) is 8.31. The summed E-state index contributed by atoms with van der Waals surface area (Å²) in [4.78, 5) is 23.7. The van der Waals surface area contributed by atoms with Crippen molar-refractivity contribution in [2.45, 2.75) is 32.9 Å². The number of nitrogens with zero attached hydrogens (tertiary/aromatic N) is 3. The van der Waals surface area contributed by atoms with E-state index in [4.69, 9.17) is 9.97 Å². The van der Waals surface area contributed by atoms with Crippen LogP contribution < -0.4 is 4.90 Å². The number of aryl methyl sites for hydroxylation is 2. The Labute approximate surface area is 185 Å². The molecule has 2 heterocycles. The van der Waals surface area contributed by atoms with Crippen LogP contribution in [0.2, 0.25) is 0 Å². The van der Waals surface area contributed by atoms with Gasteiger partial charge in [0.15, 0.2) is 5.82 Å². The first-order valence-electron chi connectivity index (χ1n) is 10.6. The molecule has 160 valence electrons. The molecule has 0 saturated carbocycles. The zero-order chi connectivity index (χ0) is 22.4. The fraction of sp³-hybridized carbons (Fsp3) is 0.192. The highest BCUT2D eigenvalue weighted by Crippen LogP contribution is 2.36. The van der Waals surface area contributed by atoms with Crippen molar-refractivity contribution in [2.75, 3.05) is 4.90 Å². The second kappa shape index (κ2) is 7.64. The van der Waals surface area contributed by atoms with Gasteiger partial charge in [0.25, 0.3) is 0 Å². The van der Waals surface area contributed by atoms with Gasteiger partial charge in [-0.25, -0.2) is 14.8 Å². The summed E-state index contributed by atoms with van der Waals surface area (Å²) in [5.41, 5.74) is 5.56. The monoisotopic (exact) mass is 425 g/mol. The molecular formula is C26H23N3O3. The molecule has 0 fully saturated rings. The van der Waals surface area contributed by atoms with E-state index in [1.54, 1.807) is 18.2 Å². The van der Waals surface area contributed by atoms with Crippen LogP contribution in [0.25, 0.3) is 22.3 Å². The van der Waals surface area contributed by atoms with Crippen molar-refractivity contribution in [2.24, 2.45) is 0 Å². The lowest BCUT2D eigenvalue weighted by Crippen LogP contribution is -2.46. The summed E-state index contributed by atoms with van der Waals surface area (Å²) in [6.45, 7) is 4.45. The Balaban J connectivity index is 1.75. The number of fused-ring (bicyclic) bond motifs is 2. The highest BCUT2D eigenvalue weighted by atomic mass is 16.4. The van der Waals surface area contributed by atoms with Gasteiger partial charge >= 0.3 is 5.97 Å². The summed E-state index contributed by atoms with van der Waals surface area (Å²) in [5.74, 6) is 0.130. The van der Waals surface area contributed by atoms with Gasteiger partial charge in [0.05, 0.1) is 11.1 Å². The molecule has 2 N–H and O–H groups in total. The lowest BCUT2D eigenvalue weighted by Gasteiger charge is -2.36. The third-order valence-corrected chi connectivity index (χ3v) is 6.16. The number of aromatic nitrogens is 2. The molecule has 1 atom stereocenters. The number of phenolic OH excluding ortho intramolecular Hbond substituents is 1. The molecule has 6 heteroatoms. The molecule has 1 aliphatic rings. The summed E-state index contributed by atoms with van der Waals surface area (Å²) >= 11 is 0. The zero-order valence-corrected chi connectivity index (χ0v) is 17.9. The molecular weight excluding hydrogens is 402 g/mol. The van der Waals surface area contributed by atoms with Crippen LogP contribution in [0.5, 0.6) is 5.75 Å². The average molecular weight is 425 g/mol. The number of rotatable bonds is 3. The quantitative estimate of drug-likeness (QED) is 0.498. The smallest absolute Gasteiger partial charge is 0.326 e. The fourth-order valence-corrected chi connectivity index (χ4v) is 4.47. The van der Waals surface area contributed by atoms with Gasteiger partial charge in [-0.1, -0.05) is 36.4 Å². The molecule has 0 bridgehead atoms. The highest BCUT2D eigenvalue weighted by molar-refractivity contribution is 5.94. The van der Waals surface area contributed by atoms with Gasteiger partial charge in [0.2, 0.25) is 0 Å². The number of benzene rings is 3. The lowest BCUT2D eigenvalue weighted by molar-refractivity contribution is -0.138. The normalized spacial score (nSPS) is 15.6. The first-order chi connectivity index (χ1) is 15.4. The van der Waals surface area contributed by atoms with Crippen LogP contribution in [0.1, 0.15) is 22.3 Å². The number of carbonyl (C=O) groups is 1. The molecule has 3 aromatic carbocycles. The van der Waals surface area contributed by atoms with E-state index in [2.05, 4.69) is 0 Å². The van der Waals surface area contributed by atoms with Gasteiger partial charge in [0, 0.05) is 18.4 Å². The van der Waals surface area contributed by atoms with Gasteiger partial charge in [0.1, 0.15) is 17.6 Å². The van der Waals surface area contributed by atoms with E-state index in [0.717, 1.165) is 27.6 Å². The van der Waals surface area contributed by atoms with Crippen molar-refractivity contribution >= 4 is 22.7 Å². The van der Waals surface area contributed by atoms with Crippen molar-refractivity contribution < 1.29 is 15.0 Å². The van der Waals surface area contributed by atoms with E-state index in [9.17, 15) is 15.0 Å². The van der Waals surface area contributed by atoms with E-state index in [-0.39, 0.29) is 5.75 Å². The van der Waals surface area contributed by atoms with Crippen LogP contribution in [0, 0.1) is 13.8 Å². The predicted molar refractivity (Wildman–Crippen MR) is 124 cm³/mol. The SMILES string of the molecule is Cc1ccc2c(N3Cc4cccc(C)c4CC3C(=O)O)nc(-c3ccccc3O)nc2c1. The number of carboxylic acid groups (broad SMARTS) is 1. The first kappa shape index (κ1) is 20.0. The van der Waals surface area contributed by atoms with E-state index in [1.165, 1.54) is 0 Å². The van der Waals surface area contributed by atoms with Gasteiger partial charge in [-0.05, 0) is 60.4 Å². The van der Waals surface area contributed by atoms with Gasteiger partial charge < -0.3 is 15.1 Å². The van der Waals surface area contributed by atoms with Crippen molar-refractivity contribution in [1.29, 1.82) is 0 Å². The fourth-order valence-electron chi connectivity index (χ4n) is 4.47. The topological polar surface area (TPSA) is 86.6 Å². The van der Waals surface area contributed by atoms with Crippen molar-refractivity contribution in [3.8, 4) is 17.1 Å². The predicted octanol–water partition coefficient (Wildman–Crippen LogP) is 4.64. The summed E-state index contributed by atoms with van der Waals surface area (Å²) in [6, 6.07) is 18.1. The number of aliphatic carboxylic acids is 1. The first-order valence-corrected chi connectivity index (χ1v) is 10.6. The highest BCUT2D eigenvalue weighted by Gasteiger charge is 2.34. The van der Waals surface area contributed by atoms with Crippen LogP contribution in [0.3, 0.4) is 0 Å². The Bertz CT molecular complexity index is 1370. The van der Waals surface area contributed by atoms with E-state index >= 15 is 0 Å². The zero-order valence-electron chi connectivity index (χ0n) is 17.9. The minimum atomic E-state index is -0.887. The third-order valence-electron chi connectivity index (χ3n) is 6.16. The molecule has 0 amide bonds. The van der Waals surface area contributed by atoms with E-state index in [0.29, 0.717) is 35.7 Å². The molecule has 0 aliphatic carbocycles. The van der Waals surface area contributed by atoms with Crippen molar-refractivity contribution in [1.82, 2.24) is 9.97 Å². The molecule has 6 nitrogen and oxygen atoms in total. The number of hydrogen-bond donors (Lipinski definition) is 2. The van der Waals surface area contributed by atoms with Gasteiger partial charge in [-0.2, -0.15) is 0 Å². The summed E-state index contributed by atoms with van der Waals surface area (Å²) < 4.78 is 0. The minimum absolute atomic E-state index is 0.0832. The second-order valence-electron chi connectivity index (χ2n) is 8.31. The Kier molecular flexibility index (Phi) is 4.78. The van der Waals surface area contributed by atoms with Crippen LogP contribution in [0.15, 0.2) is 60.7 Å². The number of para-hydroxylation sites is 1. The molecule has 32 heavy (non-hydrogen) atoms. The third kappa shape index (κ3) is 3.34. The van der Waals surface area contributed by atoms with Crippen LogP contribution in [0.4, 0.5) is 5.82 Å². The Morgan fingerprint density at radius 3 is 2.62 bits per heavy atom. The average Bonchev–Trinajstić information content (AvgIpc) is 2.78. The lowest BCUT2D eigenvalue weighted by atomic mass is 9.90. The molecule has 0 saturated heterocycles. The van der Waals surface area contributed by atoms with E-state index < -0.39 is 12.0 Å². The van der Waals surface area contributed by atoms with Crippen LogP contribution >= 0.6 is 0 Å². The number of anilines is 1. The maximum Gasteiger partial charge on any atom is 0.326 e. The number of phenols is 1. The maximum atomic E-state index is 12.3. The molecule has 4 aromatic rings. The van der Waals surface area contributed by atoms with Crippen LogP contribution in [-0.2, 0) is 17.8 Å². The Hall–Kier alpha value is -3.93. The maximum absolute atomic E-state index is 12.3. The number of hydrogen-bond acceptors (Lipinski definition) is 5. The van der Waals surface area contributed by atoms with Crippen molar-refractivity contribution in [3.05, 3.63) is 82.9 Å². The number of aromatic hydroxyl groups is 1. The minimum Gasteiger partial charge on any atom is -0.507 e. The molecule has 1 aromatic heterocycles. The molecule has 5 rings (SSSR count). The van der Waals surface area contributed by atoms with Gasteiger partial charge in [-0.15, -0.1) is 0 Å². The molecule has 1 unspecified atom stereocenters. The summed E-state index contributed by atoms with van der Waals surface area (Å²) in [5, 5.41) is 21.3. The molecule has 1 aliphatic heterocycles. The molecule has 0 spiro atoms. The van der Waals surface area contributed by atoms with Gasteiger partial charge in [-0.3, -0.25) is 0 Å². The van der Waals surface area contributed by atoms with Crippen molar-refractivity contribution in [3.63, 3.8) is 0 Å². The largest absolute Gasteiger partial charge is 0.507 e.